The summed E-state index contributed by atoms with van der Waals surface area (Å²) in [5.41, 5.74) is 10.4. The van der Waals surface area contributed by atoms with Crippen LogP contribution in [0.5, 0.6) is 0 Å². The molecule has 1 amide bonds. The summed E-state index contributed by atoms with van der Waals surface area (Å²) in [6.07, 6.45) is 1.14. The minimum absolute atomic E-state index is 0.0222. The molecule has 0 heterocycles. The van der Waals surface area contributed by atoms with E-state index < -0.39 is 21.7 Å². The Morgan fingerprint density at radius 3 is 2.63 bits per heavy atom. The Bertz CT molecular complexity index is 560. The summed E-state index contributed by atoms with van der Waals surface area (Å²) in [5.74, 6) is -1.11. The third kappa shape index (κ3) is 4.84. The van der Waals surface area contributed by atoms with Crippen LogP contribution in [0.4, 0.5) is 10.1 Å². The van der Waals surface area contributed by atoms with Gasteiger partial charge in [-0.15, -0.1) is 0 Å². The molecular weight excluding hydrogens is 273 g/mol. The van der Waals surface area contributed by atoms with Gasteiger partial charge in [0.05, 0.1) is 5.69 Å². The number of hydrogen-bond acceptors (Lipinski definition) is 4. The lowest BCUT2D eigenvalue weighted by Gasteiger charge is -2.08. The number of anilines is 1. The Hall–Kier alpha value is -1.67. The number of halogens is 1. The summed E-state index contributed by atoms with van der Waals surface area (Å²) in [5, 5.41) is 0. The SMILES string of the molecule is NC(=O)CCCCNS(=O)(=O)c1cc(F)ccc1N. The average Bonchev–Trinajstić information content (AvgIpc) is 2.31. The number of sulfonamides is 1. The summed E-state index contributed by atoms with van der Waals surface area (Å²) in [6.45, 7) is 0.131. The molecule has 0 spiro atoms. The van der Waals surface area contributed by atoms with Crippen molar-refractivity contribution in [3.63, 3.8) is 0 Å². The van der Waals surface area contributed by atoms with E-state index in [2.05, 4.69) is 4.72 Å². The molecule has 1 aromatic carbocycles. The molecule has 0 aliphatic rings. The maximum Gasteiger partial charge on any atom is 0.242 e. The zero-order chi connectivity index (χ0) is 14.5. The van der Waals surface area contributed by atoms with Crippen LogP contribution >= 0.6 is 0 Å². The van der Waals surface area contributed by atoms with Gasteiger partial charge in [-0.2, -0.15) is 0 Å². The van der Waals surface area contributed by atoms with Gasteiger partial charge in [0.2, 0.25) is 15.9 Å². The fourth-order valence-electron chi connectivity index (χ4n) is 1.45. The van der Waals surface area contributed by atoms with Crippen molar-refractivity contribution in [1.82, 2.24) is 4.72 Å². The van der Waals surface area contributed by atoms with E-state index in [9.17, 15) is 17.6 Å². The Labute approximate surface area is 111 Å². The largest absolute Gasteiger partial charge is 0.398 e. The Morgan fingerprint density at radius 2 is 2.00 bits per heavy atom. The number of amides is 1. The Kier molecular flexibility index (Phi) is 5.25. The lowest BCUT2D eigenvalue weighted by molar-refractivity contribution is -0.118. The van der Waals surface area contributed by atoms with E-state index in [1.54, 1.807) is 0 Å². The van der Waals surface area contributed by atoms with Crippen molar-refractivity contribution in [3.05, 3.63) is 24.0 Å². The van der Waals surface area contributed by atoms with Crippen LogP contribution < -0.4 is 16.2 Å². The molecule has 0 saturated heterocycles. The highest BCUT2D eigenvalue weighted by Crippen LogP contribution is 2.18. The first-order chi connectivity index (χ1) is 8.83. The van der Waals surface area contributed by atoms with Gasteiger partial charge in [-0.3, -0.25) is 4.79 Å². The van der Waals surface area contributed by atoms with E-state index in [0.717, 1.165) is 12.1 Å². The number of primary amides is 1. The molecule has 19 heavy (non-hydrogen) atoms. The number of benzene rings is 1. The zero-order valence-corrected chi connectivity index (χ0v) is 11.0. The topological polar surface area (TPSA) is 115 Å². The lowest BCUT2D eigenvalue weighted by atomic mass is 10.2. The molecule has 0 fully saturated rings. The van der Waals surface area contributed by atoms with Gasteiger partial charge in [0.1, 0.15) is 10.7 Å². The van der Waals surface area contributed by atoms with Crippen LogP contribution in [0.3, 0.4) is 0 Å². The number of carbonyl (C=O) groups is 1. The Morgan fingerprint density at radius 1 is 1.32 bits per heavy atom. The predicted molar refractivity (Wildman–Crippen MR) is 69.0 cm³/mol. The average molecular weight is 289 g/mol. The van der Waals surface area contributed by atoms with Gasteiger partial charge < -0.3 is 11.5 Å². The van der Waals surface area contributed by atoms with Crippen LogP contribution in [0.25, 0.3) is 0 Å². The van der Waals surface area contributed by atoms with Crippen LogP contribution in [0.1, 0.15) is 19.3 Å². The van der Waals surface area contributed by atoms with Gasteiger partial charge in [-0.25, -0.2) is 17.5 Å². The number of rotatable bonds is 7. The van der Waals surface area contributed by atoms with Gasteiger partial charge in [0, 0.05) is 13.0 Å². The first kappa shape index (κ1) is 15.4. The summed E-state index contributed by atoms with van der Waals surface area (Å²) in [4.78, 5) is 10.2. The van der Waals surface area contributed by atoms with Crippen molar-refractivity contribution in [2.75, 3.05) is 12.3 Å². The second kappa shape index (κ2) is 6.48. The van der Waals surface area contributed by atoms with Crippen molar-refractivity contribution >= 4 is 21.6 Å². The molecule has 8 heteroatoms. The van der Waals surface area contributed by atoms with E-state index in [1.165, 1.54) is 6.07 Å². The number of nitrogens with two attached hydrogens (primary N) is 2. The van der Waals surface area contributed by atoms with Gasteiger partial charge in [-0.05, 0) is 31.0 Å². The van der Waals surface area contributed by atoms with E-state index in [-0.39, 0.29) is 23.5 Å². The van der Waals surface area contributed by atoms with E-state index in [0.29, 0.717) is 12.8 Å². The number of hydrogen-bond donors (Lipinski definition) is 3. The predicted octanol–water partition coefficient (Wildman–Crippen LogP) is 0.342. The van der Waals surface area contributed by atoms with E-state index >= 15 is 0 Å². The summed E-state index contributed by atoms with van der Waals surface area (Å²) in [6, 6.07) is 3.14. The third-order valence-corrected chi connectivity index (χ3v) is 3.92. The Balaban J connectivity index is 2.61. The summed E-state index contributed by atoms with van der Waals surface area (Å²) >= 11 is 0. The van der Waals surface area contributed by atoms with E-state index in [4.69, 9.17) is 11.5 Å². The highest BCUT2D eigenvalue weighted by molar-refractivity contribution is 7.89. The second-order valence-corrected chi connectivity index (χ2v) is 5.74. The first-order valence-electron chi connectivity index (χ1n) is 5.66. The molecule has 0 aliphatic carbocycles. The van der Waals surface area contributed by atoms with Crippen molar-refractivity contribution in [2.45, 2.75) is 24.2 Å². The van der Waals surface area contributed by atoms with Crippen LogP contribution in [-0.4, -0.2) is 20.9 Å². The standard InChI is InChI=1S/C11H16FN3O3S/c12-8-4-5-9(13)10(7-8)19(17,18)15-6-2-1-3-11(14)16/h4-5,7,15H,1-3,6,13H2,(H2,14,16). The molecule has 6 nitrogen and oxygen atoms in total. The van der Waals surface area contributed by atoms with Crippen LogP contribution in [0.15, 0.2) is 23.1 Å². The molecular formula is C11H16FN3O3S. The molecule has 106 valence electrons. The maximum absolute atomic E-state index is 13.0. The van der Waals surface area contributed by atoms with Crippen LogP contribution in [-0.2, 0) is 14.8 Å². The van der Waals surface area contributed by atoms with Gasteiger partial charge in [0.25, 0.3) is 0 Å². The molecule has 0 saturated carbocycles. The molecule has 1 rings (SSSR count). The number of unbranched alkanes of at least 4 members (excludes halogenated alkanes) is 1. The minimum atomic E-state index is -3.85. The highest BCUT2D eigenvalue weighted by atomic mass is 32.2. The van der Waals surface area contributed by atoms with Gasteiger partial charge >= 0.3 is 0 Å². The van der Waals surface area contributed by atoms with Gasteiger partial charge in [-0.1, -0.05) is 0 Å². The van der Waals surface area contributed by atoms with E-state index in [1.807, 2.05) is 0 Å². The van der Waals surface area contributed by atoms with Crippen LogP contribution in [0, 0.1) is 5.82 Å². The molecule has 0 aliphatic heterocycles. The highest BCUT2D eigenvalue weighted by Gasteiger charge is 2.17. The van der Waals surface area contributed by atoms with Gasteiger partial charge in [0.15, 0.2) is 0 Å². The fraction of sp³-hybridized carbons (Fsp3) is 0.364. The van der Waals surface area contributed by atoms with Crippen molar-refractivity contribution < 1.29 is 17.6 Å². The summed E-state index contributed by atoms with van der Waals surface area (Å²) in [7, 11) is -3.85. The molecule has 0 atom stereocenters. The number of nitrogen functional groups attached to an aromatic ring is 1. The lowest BCUT2D eigenvalue weighted by Crippen LogP contribution is -2.26. The smallest absolute Gasteiger partial charge is 0.242 e. The first-order valence-corrected chi connectivity index (χ1v) is 7.14. The normalized spacial score (nSPS) is 11.4. The zero-order valence-electron chi connectivity index (χ0n) is 10.2. The number of carbonyl (C=O) groups excluding carboxylic acids is 1. The molecule has 5 N–H and O–H groups in total. The second-order valence-electron chi connectivity index (χ2n) is 4.00. The fourth-order valence-corrected chi connectivity index (χ4v) is 2.66. The molecule has 0 bridgehead atoms. The van der Waals surface area contributed by atoms with Crippen molar-refractivity contribution in [3.8, 4) is 0 Å². The van der Waals surface area contributed by atoms with Crippen LogP contribution in [0.2, 0.25) is 0 Å². The monoisotopic (exact) mass is 289 g/mol. The molecule has 0 radical (unpaired) electrons. The third-order valence-electron chi connectivity index (χ3n) is 2.41. The molecule has 0 unspecified atom stereocenters. The summed E-state index contributed by atoms with van der Waals surface area (Å²) < 4.78 is 39.0. The molecule has 1 aromatic rings. The van der Waals surface area contributed by atoms with Crippen molar-refractivity contribution in [2.24, 2.45) is 5.73 Å². The van der Waals surface area contributed by atoms with Crippen molar-refractivity contribution in [1.29, 1.82) is 0 Å². The molecule has 0 aromatic heterocycles. The number of nitrogens with one attached hydrogen (secondary N) is 1. The maximum atomic E-state index is 13.0. The quantitative estimate of drug-likeness (QED) is 0.496. The minimum Gasteiger partial charge on any atom is -0.398 e.